The summed E-state index contributed by atoms with van der Waals surface area (Å²) in [6.07, 6.45) is 16.5. The average Bonchev–Trinajstić information content (AvgIpc) is 2.50. The number of hydrogen-bond donors (Lipinski definition) is 0. The van der Waals surface area contributed by atoms with Gasteiger partial charge in [0.2, 0.25) is 0 Å². The highest BCUT2D eigenvalue weighted by Crippen LogP contribution is 2.12. The van der Waals surface area contributed by atoms with Gasteiger partial charge in [0.05, 0.1) is 0 Å². The first-order chi connectivity index (χ1) is 10.3. The van der Waals surface area contributed by atoms with E-state index in [1.807, 2.05) is 0 Å². The van der Waals surface area contributed by atoms with Crippen molar-refractivity contribution in [1.29, 1.82) is 0 Å². The van der Waals surface area contributed by atoms with Crippen molar-refractivity contribution in [1.82, 2.24) is 0 Å². The molecule has 0 saturated carbocycles. The molecule has 0 fully saturated rings. The van der Waals surface area contributed by atoms with Crippen molar-refractivity contribution in [2.24, 2.45) is 0 Å². The lowest BCUT2D eigenvalue weighted by Crippen LogP contribution is -3.00. The number of aromatic nitrogens is 1. The fraction of sp³-hybridized carbons (Fsp3) is 0.737. The van der Waals surface area contributed by atoms with Crippen LogP contribution < -0.4 is 17.0 Å². The second-order valence-electron chi connectivity index (χ2n) is 6.03. The van der Waals surface area contributed by atoms with Gasteiger partial charge in [0.15, 0.2) is 17.8 Å². The van der Waals surface area contributed by atoms with Crippen molar-refractivity contribution in [2.75, 3.05) is 5.75 Å². The molecule has 0 saturated heterocycles. The number of halogens is 1. The maximum Gasteiger partial charge on any atom is 0.194 e. The van der Waals surface area contributed by atoms with Crippen LogP contribution >= 0.6 is 11.8 Å². The van der Waals surface area contributed by atoms with Crippen LogP contribution in [0.4, 0.5) is 0 Å². The molecular formula is C19H34ClNS. The quantitative estimate of drug-likeness (QED) is 0.393. The summed E-state index contributed by atoms with van der Waals surface area (Å²) in [7, 11) is 0. The fourth-order valence-electron chi connectivity index (χ4n) is 2.56. The summed E-state index contributed by atoms with van der Waals surface area (Å²) in [5, 5.41) is 0. The van der Waals surface area contributed by atoms with Gasteiger partial charge < -0.3 is 12.4 Å². The molecule has 1 rings (SSSR count). The zero-order valence-electron chi connectivity index (χ0n) is 14.5. The Labute approximate surface area is 148 Å². The maximum atomic E-state index is 2.33. The van der Waals surface area contributed by atoms with Gasteiger partial charge in [-0.3, -0.25) is 0 Å². The molecule has 0 radical (unpaired) electrons. The molecule has 0 aromatic carbocycles. The van der Waals surface area contributed by atoms with Gasteiger partial charge in [-0.15, -0.1) is 0 Å². The Hall–Kier alpha value is -0.210. The van der Waals surface area contributed by atoms with E-state index in [9.17, 15) is 0 Å². The summed E-state index contributed by atoms with van der Waals surface area (Å²) >= 11 is 2.06. The van der Waals surface area contributed by atoms with Crippen molar-refractivity contribution < 1.29 is 17.0 Å². The molecule has 0 aliphatic carbocycles. The Morgan fingerprint density at radius 3 is 2.05 bits per heavy atom. The van der Waals surface area contributed by atoms with Crippen LogP contribution in [0.5, 0.6) is 0 Å². The summed E-state index contributed by atoms with van der Waals surface area (Å²) in [5.74, 6) is 2.40. The highest BCUT2D eigenvalue weighted by atomic mass is 35.5. The summed E-state index contributed by atoms with van der Waals surface area (Å²) in [5.41, 5.74) is 1.35. The van der Waals surface area contributed by atoms with Crippen LogP contribution in [0.25, 0.3) is 0 Å². The minimum absolute atomic E-state index is 0. The van der Waals surface area contributed by atoms with Gasteiger partial charge in [-0.1, -0.05) is 82.5 Å². The monoisotopic (exact) mass is 343 g/mol. The van der Waals surface area contributed by atoms with Crippen molar-refractivity contribution in [2.45, 2.75) is 83.9 Å². The van der Waals surface area contributed by atoms with E-state index < -0.39 is 0 Å². The number of nitrogens with zero attached hydrogens (tertiary/aromatic N) is 1. The predicted molar refractivity (Wildman–Crippen MR) is 95.7 cm³/mol. The summed E-state index contributed by atoms with van der Waals surface area (Å²) in [6, 6.07) is 6.41. The second-order valence-corrected chi connectivity index (χ2v) is 7.11. The normalized spacial score (nSPS) is 10.5. The number of hydrogen-bond acceptors (Lipinski definition) is 1. The van der Waals surface area contributed by atoms with Crippen LogP contribution in [0, 0.1) is 6.92 Å². The van der Waals surface area contributed by atoms with E-state index in [0.29, 0.717) is 0 Å². The Morgan fingerprint density at radius 1 is 0.864 bits per heavy atom. The lowest BCUT2D eigenvalue weighted by molar-refractivity contribution is -0.682. The molecule has 0 spiro atoms. The van der Waals surface area contributed by atoms with E-state index in [0.717, 1.165) is 5.88 Å². The predicted octanol–water partition coefficient (Wildman–Crippen LogP) is 2.90. The van der Waals surface area contributed by atoms with Crippen LogP contribution in [0.1, 0.15) is 76.8 Å². The Balaban J connectivity index is 0.00000441. The molecular weight excluding hydrogens is 310 g/mol. The van der Waals surface area contributed by atoms with E-state index in [-0.39, 0.29) is 12.4 Å². The molecule has 1 aromatic heterocycles. The third kappa shape index (κ3) is 11.4. The Bertz CT molecular complexity index is 357. The molecule has 0 unspecified atom stereocenters. The van der Waals surface area contributed by atoms with Gasteiger partial charge in [0, 0.05) is 19.1 Å². The second kappa shape index (κ2) is 15.7. The number of thioether (sulfide) groups is 1. The van der Waals surface area contributed by atoms with Crippen LogP contribution in [0.2, 0.25) is 0 Å². The maximum absolute atomic E-state index is 2.33. The first kappa shape index (κ1) is 21.8. The van der Waals surface area contributed by atoms with Crippen LogP contribution in [0.15, 0.2) is 24.4 Å². The summed E-state index contributed by atoms with van der Waals surface area (Å²) in [6.45, 7) is 4.47. The van der Waals surface area contributed by atoms with E-state index in [1.165, 1.54) is 75.7 Å². The zero-order valence-corrected chi connectivity index (χ0v) is 16.1. The molecule has 128 valence electrons. The smallest absolute Gasteiger partial charge is 0.194 e. The topological polar surface area (TPSA) is 3.88 Å². The van der Waals surface area contributed by atoms with Gasteiger partial charge in [-0.25, -0.2) is 0 Å². The lowest BCUT2D eigenvalue weighted by Gasteiger charge is -2.02. The zero-order chi connectivity index (χ0) is 15.2. The molecule has 0 atom stereocenters. The van der Waals surface area contributed by atoms with E-state index >= 15 is 0 Å². The molecule has 3 heteroatoms. The van der Waals surface area contributed by atoms with Gasteiger partial charge in [0.1, 0.15) is 0 Å². The first-order valence-corrected chi connectivity index (χ1v) is 10.0. The minimum atomic E-state index is 0. The van der Waals surface area contributed by atoms with E-state index in [4.69, 9.17) is 0 Å². The van der Waals surface area contributed by atoms with Crippen molar-refractivity contribution in [3.63, 3.8) is 0 Å². The Morgan fingerprint density at radius 2 is 1.45 bits per heavy atom. The molecule has 0 amide bonds. The SMILES string of the molecule is CCCCCCCCCCCCSC[n+]1ccccc1C.[Cl-]. The van der Waals surface area contributed by atoms with Crippen LogP contribution in [0.3, 0.4) is 0 Å². The number of rotatable bonds is 13. The van der Waals surface area contributed by atoms with Crippen molar-refractivity contribution >= 4 is 11.8 Å². The molecule has 0 N–H and O–H groups in total. The average molecular weight is 344 g/mol. The third-order valence-electron chi connectivity index (χ3n) is 4.04. The van der Waals surface area contributed by atoms with Gasteiger partial charge in [0.25, 0.3) is 0 Å². The number of aryl methyl sites for hydroxylation is 1. The highest BCUT2D eigenvalue weighted by molar-refractivity contribution is 7.98. The van der Waals surface area contributed by atoms with Gasteiger partial charge in [-0.05, 0) is 12.2 Å². The summed E-state index contributed by atoms with van der Waals surface area (Å²) in [4.78, 5) is 0. The van der Waals surface area contributed by atoms with Crippen molar-refractivity contribution in [3.05, 3.63) is 30.1 Å². The molecule has 1 nitrogen and oxygen atoms in total. The summed E-state index contributed by atoms with van der Waals surface area (Å²) < 4.78 is 2.33. The molecule has 1 aromatic rings. The highest BCUT2D eigenvalue weighted by Gasteiger charge is 2.03. The van der Waals surface area contributed by atoms with E-state index in [2.05, 4.69) is 54.6 Å². The van der Waals surface area contributed by atoms with Gasteiger partial charge >= 0.3 is 0 Å². The van der Waals surface area contributed by atoms with Gasteiger partial charge in [-0.2, -0.15) is 4.57 Å². The molecule has 22 heavy (non-hydrogen) atoms. The standard InChI is InChI=1S/C19H34NS.ClH/c1-3-4-5-6-7-8-9-10-11-14-17-21-18-20-16-13-12-15-19(20)2;/h12-13,15-16H,3-11,14,17-18H2,1-2H3;1H/q+1;/p-1. The molecule has 0 aliphatic rings. The fourth-order valence-corrected chi connectivity index (χ4v) is 3.58. The van der Waals surface area contributed by atoms with Crippen molar-refractivity contribution in [3.8, 4) is 0 Å². The minimum Gasteiger partial charge on any atom is -1.00 e. The number of pyridine rings is 1. The molecule has 0 bridgehead atoms. The molecule has 1 heterocycles. The number of unbranched alkanes of at least 4 members (excludes halogenated alkanes) is 9. The molecule has 0 aliphatic heterocycles. The van der Waals surface area contributed by atoms with Crippen LogP contribution in [-0.4, -0.2) is 5.75 Å². The lowest BCUT2D eigenvalue weighted by atomic mass is 10.1. The Kier molecular flexibility index (Phi) is 15.5. The third-order valence-corrected chi connectivity index (χ3v) is 5.08. The first-order valence-electron chi connectivity index (χ1n) is 8.87. The van der Waals surface area contributed by atoms with E-state index in [1.54, 1.807) is 0 Å². The largest absolute Gasteiger partial charge is 1.00 e. The van der Waals surface area contributed by atoms with Crippen LogP contribution in [-0.2, 0) is 5.88 Å².